The van der Waals surface area contributed by atoms with Crippen LogP contribution in [0.4, 0.5) is 0 Å². The number of ether oxygens (including phenoxy) is 1. The molecule has 84 valence electrons. The van der Waals surface area contributed by atoms with Gasteiger partial charge in [-0.3, -0.25) is 0 Å². The standard InChI is InChI=1S/C13H26O/c1-12(2,3)10-7-8-11(14-9-10)13(4,5)6/h10-11H,7-9H2,1-6H3. The van der Waals surface area contributed by atoms with Crippen LogP contribution in [0.25, 0.3) is 0 Å². The second-order valence-electron chi connectivity index (χ2n) is 6.83. The Morgan fingerprint density at radius 3 is 1.71 bits per heavy atom. The quantitative estimate of drug-likeness (QED) is 0.574. The zero-order valence-electron chi connectivity index (χ0n) is 10.7. The van der Waals surface area contributed by atoms with Crippen LogP contribution in [-0.2, 0) is 4.74 Å². The lowest BCUT2D eigenvalue weighted by atomic mass is 9.74. The zero-order valence-corrected chi connectivity index (χ0v) is 10.7. The molecule has 1 heterocycles. The molecule has 1 aliphatic rings. The highest BCUT2D eigenvalue weighted by Gasteiger charge is 2.34. The Hall–Kier alpha value is -0.0400. The Labute approximate surface area is 89.2 Å². The van der Waals surface area contributed by atoms with E-state index >= 15 is 0 Å². The van der Waals surface area contributed by atoms with E-state index < -0.39 is 0 Å². The molecule has 0 aromatic heterocycles. The second-order valence-corrected chi connectivity index (χ2v) is 6.83. The fourth-order valence-electron chi connectivity index (χ4n) is 2.12. The lowest BCUT2D eigenvalue weighted by molar-refractivity contribution is -0.0908. The Bertz CT molecular complexity index is 152. The van der Waals surface area contributed by atoms with Gasteiger partial charge in [0, 0.05) is 0 Å². The van der Waals surface area contributed by atoms with Gasteiger partial charge in [0.25, 0.3) is 0 Å². The van der Waals surface area contributed by atoms with Crippen molar-refractivity contribution >= 4 is 0 Å². The van der Waals surface area contributed by atoms with Crippen LogP contribution >= 0.6 is 0 Å². The maximum absolute atomic E-state index is 5.98. The highest BCUT2D eigenvalue weighted by molar-refractivity contribution is 4.83. The van der Waals surface area contributed by atoms with Crippen molar-refractivity contribution in [2.45, 2.75) is 60.5 Å². The summed E-state index contributed by atoms with van der Waals surface area (Å²) < 4.78 is 5.98. The van der Waals surface area contributed by atoms with Crippen molar-refractivity contribution in [1.82, 2.24) is 0 Å². The molecule has 0 saturated carbocycles. The predicted octanol–water partition coefficient (Wildman–Crippen LogP) is 3.87. The largest absolute Gasteiger partial charge is 0.377 e. The average Bonchev–Trinajstić information content (AvgIpc) is 2.01. The van der Waals surface area contributed by atoms with E-state index in [0.29, 0.717) is 16.9 Å². The van der Waals surface area contributed by atoms with Gasteiger partial charge in [0.15, 0.2) is 0 Å². The summed E-state index contributed by atoms with van der Waals surface area (Å²) in [4.78, 5) is 0. The molecule has 0 aromatic carbocycles. The molecule has 14 heavy (non-hydrogen) atoms. The molecule has 2 unspecified atom stereocenters. The van der Waals surface area contributed by atoms with Crippen molar-refractivity contribution < 1.29 is 4.74 Å². The van der Waals surface area contributed by atoms with Crippen molar-refractivity contribution in [1.29, 1.82) is 0 Å². The molecule has 1 nitrogen and oxygen atoms in total. The summed E-state index contributed by atoms with van der Waals surface area (Å²) in [7, 11) is 0. The summed E-state index contributed by atoms with van der Waals surface area (Å²) in [5, 5.41) is 0. The molecular weight excluding hydrogens is 172 g/mol. The molecule has 0 spiro atoms. The Morgan fingerprint density at radius 1 is 0.857 bits per heavy atom. The van der Waals surface area contributed by atoms with Crippen molar-refractivity contribution in [3.8, 4) is 0 Å². The normalized spacial score (nSPS) is 30.4. The smallest absolute Gasteiger partial charge is 0.0623 e. The second kappa shape index (κ2) is 3.84. The minimum atomic E-state index is 0.308. The maximum atomic E-state index is 5.98. The fourth-order valence-corrected chi connectivity index (χ4v) is 2.12. The number of hydrogen-bond acceptors (Lipinski definition) is 1. The van der Waals surface area contributed by atoms with Gasteiger partial charge in [-0.05, 0) is 29.6 Å². The molecule has 1 aliphatic heterocycles. The van der Waals surface area contributed by atoms with Gasteiger partial charge in [0.05, 0.1) is 12.7 Å². The summed E-state index contributed by atoms with van der Waals surface area (Å²) in [5.74, 6) is 0.737. The average molecular weight is 198 g/mol. The van der Waals surface area contributed by atoms with Gasteiger partial charge >= 0.3 is 0 Å². The fraction of sp³-hybridized carbons (Fsp3) is 1.00. The van der Waals surface area contributed by atoms with Crippen molar-refractivity contribution in [3.05, 3.63) is 0 Å². The van der Waals surface area contributed by atoms with E-state index in [0.717, 1.165) is 12.5 Å². The van der Waals surface area contributed by atoms with Gasteiger partial charge in [0.2, 0.25) is 0 Å². The SMILES string of the molecule is CC(C)(C)C1CCC(C(C)(C)C)OC1. The third-order valence-electron chi connectivity index (χ3n) is 3.47. The third-order valence-corrected chi connectivity index (χ3v) is 3.47. The molecule has 0 aromatic rings. The van der Waals surface area contributed by atoms with Gasteiger partial charge in [-0.15, -0.1) is 0 Å². The highest BCUT2D eigenvalue weighted by atomic mass is 16.5. The summed E-state index contributed by atoms with van der Waals surface area (Å²) in [6, 6.07) is 0. The van der Waals surface area contributed by atoms with E-state index in [2.05, 4.69) is 41.5 Å². The van der Waals surface area contributed by atoms with Gasteiger partial charge in [-0.2, -0.15) is 0 Å². The molecular formula is C13H26O. The first-order valence-electron chi connectivity index (χ1n) is 5.83. The molecule has 0 aliphatic carbocycles. The van der Waals surface area contributed by atoms with Crippen molar-refractivity contribution in [2.75, 3.05) is 6.61 Å². The zero-order chi connectivity index (χ0) is 11.0. The van der Waals surface area contributed by atoms with E-state index in [9.17, 15) is 0 Å². The number of rotatable bonds is 0. The molecule has 0 amide bonds. The van der Waals surface area contributed by atoms with Crippen LogP contribution in [0.15, 0.2) is 0 Å². The molecule has 0 bridgehead atoms. The van der Waals surface area contributed by atoms with Gasteiger partial charge in [-0.25, -0.2) is 0 Å². The topological polar surface area (TPSA) is 9.23 Å². The van der Waals surface area contributed by atoms with Crippen LogP contribution in [0.5, 0.6) is 0 Å². The Kier molecular flexibility index (Phi) is 3.30. The lowest BCUT2D eigenvalue weighted by Gasteiger charge is -2.41. The summed E-state index contributed by atoms with van der Waals surface area (Å²) in [5.41, 5.74) is 0.714. The van der Waals surface area contributed by atoms with Gasteiger partial charge in [0.1, 0.15) is 0 Å². The minimum absolute atomic E-state index is 0.308. The third kappa shape index (κ3) is 2.98. The summed E-state index contributed by atoms with van der Waals surface area (Å²) in [6.45, 7) is 14.7. The minimum Gasteiger partial charge on any atom is -0.377 e. The van der Waals surface area contributed by atoms with Crippen LogP contribution in [0.3, 0.4) is 0 Å². The molecule has 1 heteroatoms. The van der Waals surface area contributed by atoms with E-state index in [4.69, 9.17) is 4.74 Å². The van der Waals surface area contributed by atoms with Crippen LogP contribution in [0, 0.1) is 16.7 Å². The van der Waals surface area contributed by atoms with Crippen molar-refractivity contribution in [3.63, 3.8) is 0 Å². The Balaban J connectivity index is 2.47. The summed E-state index contributed by atoms with van der Waals surface area (Å²) in [6.07, 6.45) is 3.01. The lowest BCUT2D eigenvalue weighted by Crippen LogP contribution is -2.39. The summed E-state index contributed by atoms with van der Waals surface area (Å²) >= 11 is 0. The highest BCUT2D eigenvalue weighted by Crippen LogP contribution is 2.38. The van der Waals surface area contributed by atoms with Crippen molar-refractivity contribution in [2.24, 2.45) is 16.7 Å². The van der Waals surface area contributed by atoms with Crippen LogP contribution in [0.2, 0.25) is 0 Å². The Morgan fingerprint density at radius 2 is 1.43 bits per heavy atom. The first-order valence-corrected chi connectivity index (χ1v) is 5.83. The van der Waals surface area contributed by atoms with Crippen LogP contribution < -0.4 is 0 Å². The molecule has 0 N–H and O–H groups in total. The van der Waals surface area contributed by atoms with E-state index in [1.54, 1.807) is 0 Å². The molecule has 0 radical (unpaired) electrons. The number of hydrogen-bond donors (Lipinski definition) is 0. The van der Waals surface area contributed by atoms with E-state index in [1.165, 1.54) is 12.8 Å². The molecule has 1 rings (SSSR count). The van der Waals surface area contributed by atoms with Crippen LogP contribution in [-0.4, -0.2) is 12.7 Å². The van der Waals surface area contributed by atoms with E-state index in [-0.39, 0.29) is 0 Å². The monoisotopic (exact) mass is 198 g/mol. The maximum Gasteiger partial charge on any atom is 0.0623 e. The van der Waals surface area contributed by atoms with Gasteiger partial charge in [-0.1, -0.05) is 41.5 Å². The molecule has 2 atom stereocenters. The van der Waals surface area contributed by atoms with Crippen LogP contribution in [0.1, 0.15) is 54.4 Å². The molecule has 1 fully saturated rings. The predicted molar refractivity (Wildman–Crippen MR) is 61.4 cm³/mol. The van der Waals surface area contributed by atoms with Gasteiger partial charge < -0.3 is 4.74 Å². The van der Waals surface area contributed by atoms with E-state index in [1.807, 2.05) is 0 Å². The first kappa shape index (κ1) is 12.0. The molecule has 1 saturated heterocycles. The first-order chi connectivity index (χ1) is 6.21.